The number of hydrogen-bond acceptors (Lipinski definition) is 3. The molecule has 0 radical (unpaired) electrons. The number of H-pyrrole nitrogens is 1. The van der Waals surface area contributed by atoms with Crippen molar-refractivity contribution in [2.45, 2.75) is 6.54 Å². The van der Waals surface area contributed by atoms with Gasteiger partial charge < -0.3 is 4.74 Å². The standard InChI is InChI=1S/C17H12ClFN2O3/c18-13-10-21(17(23)20-16(13)22)9-11-6-7-15(14(19)8-11)24-12-4-2-1-3-5-12/h1-8,10H,9H2,(H,20,22,23). The lowest BCUT2D eigenvalue weighted by molar-refractivity contribution is 0.441. The maximum Gasteiger partial charge on any atom is 0.328 e. The summed E-state index contributed by atoms with van der Waals surface area (Å²) in [5.74, 6) is 0.0458. The molecule has 0 saturated heterocycles. The molecule has 1 aromatic heterocycles. The maximum atomic E-state index is 14.2. The maximum absolute atomic E-state index is 14.2. The van der Waals surface area contributed by atoms with E-state index in [1.54, 1.807) is 30.3 Å². The summed E-state index contributed by atoms with van der Waals surface area (Å²) in [5.41, 5.74) is -0.747. The molecule has 0 bridgehead atoms. The Balaban J connectivity index is 1.84. The van der Waals surface area contributed by atoms with Crippen molar-refractivity contribution < 1.29 is 9.13 Å². The van der Waals surface area contributed by atoms with E-state index in [2.05, 4.69) is 4.98 Å². The van der Waals surface area contributed by atoms with Gasteiger partial charge in [-0.2, -0.15) is 0 Å². The second kappa shape index (κ2) is 6.72. The zero-order chi connectivity index (χ0) is 17.1. The Morgan fingerprint density at radius 2 is 1.88 bits per heavy atom. The molecule has 3 aromatic rings. The summed E-state index contributed by atoms with van der Waals surface area (Å²) < 4.78 is 20.8. The van der Waals surface area contributed by atoms with Crippen molar-refractivity contribution in [3.63, 3.8) is 0 Å². The quantitative estimate of drug-likeness (QED) is 0.789. The molecule has 0 aliphatic rings. The van der Waals surface area contributed by atoms with E-state index >= 15 is 0 Å². The Morgan fingerprint density at radius 1 is 1.12 bits per heavy atom. The first-order valence-electron chi connectivity index (χ1n) is 7.03. The second-order valence-electron chi connectivity index (χ2n) is 5.04. The molecule has 0 unspecified atom stereocenters. The van der Waals surface area contributed by atoms with Gasteiger partial charge in [-0.05, 0) is 29.8 Å². The Hall–Kier alpha value is -2.86. The summed E-state index contributed by atoms with van der Waals surface area (Å²) in [5, 5.41) is -0.112. The van der Waals surface area contributed by atoms with Crippen LogP contribution in [0, 0.1) is 5.82 Å². The number of para-hydroxylation sites is 1. The van der Waals surface area contributed by atoms with Crippen LogP contribution in [0.15, 0.2) is 64.3 Å². The summed E-state index contributed by atoms with van der Waals surface area (Å²) in [6.07, 6.45) is 1.22. The van der Waals surface area contributed by atoms with Gasteiger partial charge in [0.25, 0.3) is 5.56 Å². The molecule has 24 heavy (non-hydrogen) atoms. The van der Waals surface area contributed by atoms with Crippen molar-refractivity contribution in [2.24, 2.45) is 0 Å². The van der Waals surface area contributed by atoms with Crippen LogP contribution in [-0.4, -0.2) is 9.55 Å². The Bertz CT molecular complexity index is 983. The highest BCUT2D eigenvalue weighted by atomic mass is 35.5. The topological polar surface area (TPSA) is 64.1 Å². The average molecular weight is 347 g/mol. The molecule has 1 N–H and O–H groups in total. The van der Waals surface area contributed by atoms with Crippen LogP contribution in [0.25, 0.3) is 0 Å². The van der Waals surface area contributed by atoms with Crippen LogP contribution >= 0.6 is 11.6 Å². The third kappa shape index (κ3) is 3.55. The van der Waals surface area contributed by atoms with Crippen LogP contribution < -0.4 is 16.0 Å². The summed E-state index contributed by atoms with van der Waals surface area (Å²) >= 11 is 5.70. The summed E-state index contributed by atoms with van der Waals surface area (Å²) in [4.78, 5) is 25.0. The van der Waals surface area contributed by atoms with Crippen LogP contribution in [0.4, 0.5) is 4.39 Å². The molecule has 0 aliphatic heterocycles. The Morgan fingerprint density at radius 3 is 2.58 bits per heavy atom. The first kappa shape index (κ1) is 16.0. The predicted octanol–water partition coefficient (Wildman–Crippen LogP) is 3.17. The van der Waals surface area contributed by atoms with Crippen molar-refractivity contribution in [1.29, 1.82) is 0 Å². The fourth-order valence-corrected chi connectivity index (χ4v) is 2.30. The van der Waals surface area contributed by atoms with Crippen molar-refractivity contribution in [2.75, 3.05) is 0 Å². The fourth-order valence-electron chi connectivity index (χ4n) is 2.14. The number of aromatic amines is 1. The summed E-state index contributed by atoms with van der Waals surface area (Å²) in [6, 6.07) is 13.2. The summed E-state index contributed by atoms with van der Waals surface area (Å²) in [6.45, 7) is 0.0673. The first-order chi connectivity index (χ1) is 11.5. The van der Waals surface area contributed by atoms with E-state index in [0.29, 0.717) is 11.3 Å². The van der Waals surface area contributed by atoms with Crippen LogP contribution in [0.3, 0.4) is 0 Å². The van der Waals surface area contributed by atoms with Crippen LogP contribution in [0.2, 0.25) is 5.02 Å². The van der Waals surface area contributed by atoms with E-state index in [1.165, 1.54) is 22.9 Å². The minimum atomic E-state index is -0.657. The van der Waals surface area contributed by atoms with E-state index in [4.69, 9.17) is 16.3 Å². The zero-order valence-corrected chi connectivity index (χ0v) is 13.1. The molecule has 0 saturated carbocycles. The van der Waals surface area contributed by atoms with E-state index in [9.17, 15) is 14.0 Å². The SMILES string of the molecule is O=c1[nH]c(=O)n(Cc2ccc(Oc3ccccc3)c(F)c2)cc1Cl. The van der Waals surface area contributed by atoms with E-state index in [1.807, 2.05) is 6.07 Å². The van der Waals surface area contributed by atoms with Crippen LogP contribution in [0.1, 0.15) is 5.56 Å². The van der Waals surface area contributed by atoms with Crippen molar-refractivity contribution in [3.05, 3.63) is 92.0 Å². The van der Waals surface area contributed by atoms with Gasteiger partial charge in [-0.1, -0.05) is 35.9 Å². The highest BCUT2D eigenvalue weighted by Crippen LogP contribution is 2.25. The molecule has 0 amide bonds. The van der Waals surface area contributed by atoms with Crippen molar-refractivity contribution in [3.8, 4) is 11.5 Å². The minimum Gasteiger partial charge on any atom is -0.454 e. The highest BCUT2D eigenvalue weighted by Gasteiger charge is 2.08. The van der Waals surface area contributed by atoms with Crippen molar-refractivity contribution in [1.82, 2.24) is 9.55 Å². The smallest absolute Gasteiger partial charge is 0.328 e. The van der Waals surface area contributed by atoms with Crippen LogP contribution in [-0.2, 0) is 6.54 Å². The number of aromatic nitrogens is 2. The van der Waals surface area contributed by atoms with Crippen molar-refractivity contribution >= 4 is 11.6 Å². The van der Waals surface area contributed by atoms with Gasteiger partial charge in [0.2, 0.25) is 0 Å². The predicted molar refractivity (Wildman–Crippen MR) is 88.4 cm³/mol. The molecule has 0 spiro atoms. The fraction of sp³-hybridized carbons (Fsp3) is 0.0588. The number of hydrogen-bond donors (Lipinski definition) is 1. The largest absolute Gasteiger partial charge is 0.454 e. The number of halogens is 2. The van der Waals surface area contributed by atoms with Gasteiger partial charge in [-0.25, -0.2) is 9.18 Å². The monoisotopic (exact) mass is 346 g/mol. The number of nitrogens with zero attached hydrogens (tertiary/aromatic N) is 1. The lowest BCUT2D eigenvalue weighted by Gasteiger charge is -2.09. The lowest BCUT2D eigenvalue weighted by atomic mass is 10.2. The molecule has 2 aromatic carbocycles. The summed E-state index contributed by atoms with van der Waals surface area (Å²) in [7, 11) is 0. The highest BCUT2D eigenvalue weighted by molar-refractivity contribution is 6.30. The average Bonchev–Trinajstić information content (AvgIpc) is 2.56. The van der Waals surface area contributed by atoms with Crippen LogP contribution in [0.5, 0.6) is 11.5 Å². The Labute approximate surface area is 140 Å². The van der Waals surface area contributed by atoms with Gasteiger partial charge in [0.15, 0.2) is 11.6 Å². The molecular formula is C17H12ClFN2O3. The number of benzene rings is 2. The molecule has 0 atom stereocenters. The third-order valence-corrected chi connectivity index (χ3v) is 3.56. The number of ether oxygens (including phenoxy) is 1. The first-order valence-corrected chi connectivity index (χ1v) is 7.41. The molecule has 0 fully saturated rings. The van der Waals surface area contributed by atoms with Gasteiger partial charge in [0, 0.05) is 6.20 Å². The Kier molecular flexibility index (Phi) is 4.48. The zero-order valence-electron chi connectivity index (χ0n) is 12.3. The normalized spacial score (nSPS) is 10.6. The molecule has 0 aliphatic carbocycles. The van der Waals surface area contributed by atoms with Gasteiger partial charge >= 0.3 is 5.69 Å². The van der Waals surface area contributed by atoms with E-state index < -0.39 is 17.1 Å². The number of nitrogens with one attached hydrogen (secondary N) is 1. The van der Waals surface area contributed by atoms with Gasteiger partial charge in [-0.3, -0.25) is 14.3 Å². The molecule has 3 rings (SSSR count). The van der Waals surface area contributed by atoms with Gasteiger partial charge in [-0.15, -0.1) is 0 Å². The lowest BCUT2D eigenvalue weighted by Crippen LogP contribution is -2.29. The third-order valence-electron chi connectivity index (χ3n) is 3.29. The van der Waals surface area contributed by atoms with E-state index in [-0.39, 0.29) is 17.3 Å². The molecule has 122 valence electrons. The number of rotatable bonds is 4. The van der Waals surface area contributed by atoms with E-state index in [0.717, 1.165) is 0 Å². The van der Waals surface area contributed by atoms with Gasteiger partial charge in [0.1, 0.15) is 10.8 Å². The molecular weight excluding hydrogens is 335 g/mol. The molecule has 7 heteroatoms. The second-order valence-corrected chi connectivity index (χ2v) is 5.45. The van der Waals surface area contributed by atoms with Gasteiger partial charge in [0.05, 0.1) is 6.54 Å². The minimum absolute atomic E-state index is 0.0673. The molecule has 1 heterocycles. The molecule has 5 nitrogen and oxygen atoms in total.